The molecule has 5 heteroatoms. The second kappa shape index (κ2) is 3.71. The van der Waals surface area contributed by atoms with E-state index in [-0.39, 0.29) is 17.6 Å². The van der Waals surface area contributed by atoms with Crippen LogP contribution in [-0.2, 0) is 9.84 Å². The molecule has 2 rings (SSSR count). The van der Waals surface area contributed by atoms with Gasteiger partial charge in [-0.05, 0) is 25.7 Å². The van der Waals surface area contributed by atoms with Gasteiger partial charge in [-0.25, -0.2) is 8.42 Å². The fraction of sp³-hybridized carbons (Fsp3) is 1.00. The molecule has 0 radical (unpaired) electrons. The van der Waals surface area contributed by atoms with Gasteiger partial charge in [-0.1, -0.05) is 0 Å². The number of β-amino-alcohol motifs (C(OH)–C–C–N with tert-alkyl or cyclic N) is 1. The molecule has 2 heterocycles. The molecular formula is C10H19NO3S. The summed E-state index contributed by atoms with van der Waals surface area (Å²) >= 11 is 0. The van der Waals surface area contributed by atoms with Crippen LogP contribution >= 0.6 is 0 Å². The Bertz CT molecular complexity index is 337. The SMILES string of the molecule is CC1(O)CNCC1C1CCCS(=O)(=O)C1. The molecule has 2 fully saturated rings. The highest BCUT2D eigenvalue weighted by Gasteiger charge is 2.43. The molecule has 3 atom stereocenters. The zero-order valence-electron chi connectivity index (χ0n) is 9.07. The molecule has 3 unspecified atom stereocenters. The van der Waals surface area contributed by atoms with E-state index in [2.05, 4.69) is 5.32 Å². The molecular weight excluding hydrogens is 214 g/mol. The number of sulfone groups is 1. The monoisotopic (exact) mass is 233 g/mol. The van der Waals surface area contributed by atoms with Gasteiger partial charge in [0, 0.05) is 19.0 Å². The number of rotatable bonds is 1. The van der Waals surface area contributed by atoms with Crippen molar-refractivity contribution in [3.05, 3.63) is 0 Å². The van der Waals surface area contributed by atoms with E-state index in [0.717, 1.165) is 19.4 Å². The van der Waals surface area contributed by atoms with Crippen LogP contribution in [0.25, 0.3) is 0 Å². The lowest BCUT2D eigenvalue weighted by molar-refractivity contribution is 0.0129. The third kappa shape index (κ3) is 2.34. The summed E-state index contributed by atoms with van der Waals surface area (Å²) in [6, 6.07) is 0. The van der Waals surface area contributed by atoms with E-state index in [4.69, 9.17) is 0 Å². The van der Waals surface area contributed by atoms with Gasteiger partial charge in [0.15, 0.2) is 9.84 Å². The van der Waals surface area contributed by atoms with Crippen molar-refractivity contribution in [2.45, 2.75) is 25.4 Å². The molecule has 2 aliphatic heterocycles. The lowest BCUT2D eigenvalue weighted by atomic mass is 9.80. The summed E-state index contributed by atoms with van der Waals surface area (Å²) in [6.07, 6.45) is 1.68. The molecule has 15 heavy (non-hydrogen) atoms. The van der Waals surface area contributed by atoms with Crippen LogP contribution in [0.5, 0.6) is 0 Å². The Labute approximate surface area is 91.0 Å². The first kappa shape index (κ1) is 11.4. The molecule has 88 valence electrons. The Morgan fingerprint density at radius 3 is 2.73 bits per heavy atom. The Morgan fingerprint density at radius 2 is 2.20 bits per heavy atom. The van der Waals surface area contributed by atoms with Crippen molar-refractivity contribution < 1.29 is 13.5 Å². The molecule has 0 aromatic carbocycles. The number of aliphatic hydroxyl groups is 1. The average Bonchev–Trinajstić information content (AvgIpc) is 2.43. The van der Waals surface area contributed by atoms with Gasteiger partial charge in [0.25, 0.3) is 0 Å². The zero-order chi connectivity index (χ0) is 11.1. The van der Waals surface area contributed by atoms with Gasteiger partial charge in [0.05, 0.1) is 17.1 Å². The first-order valence-corrected chi connectivity index (χ1v) is 7.36. The normalized spacial score (nSPS) is 45.5. The van der Waals surface area contributed by atoms with Gasteiger partial charge in [-0.3, -0.25) is 0 Å². The van der Waals surface area contributed by atoms with Crippen LogP contribution in [0, 0.1) is 11.8 Å². The number of hydrogen-bond donors (Lipinski definition) is 2. The van der Waals surface area contributed by atoms with Gasteiger partial charge in [0.2, 0.25) is 0 Å². The van der Waals surface area contributed by atoms with Crippen LogP contribution in [0.4, 0.5) is 0 Å². The van der Waals surface area contributed by atoms with Crippen LogP contribution in [-0.4, -0.2) is 43.7 Å². The Balaban J connectivity index is 2.11. The van der Waals surface area contributed by atoms with Crippen molar-refractivity contribution in [1.29, 1.82) is 0 Å². The lowest BCUT2D eigenvalue weighted by Crippen LogP contribution is -2.42. The molecule has 0 amide bonds. The van der Waals surface area contributed by atoms with E-state index in [1.165, 1.54) is 0 Å². The van der Waals surface area contributed by atoms with Gasteiger partial charge >= 0.3 is 0 Å². The predicted octanol–water partition coefficient (Wildman–Crippen LogP) is -0.218. The standard InChI is InChI=1S/C10H19NO3S/c1-10(12)7-11-5-9(10)8-3-2-4-15(13,14)6-8/h8-9,11-12H,2-7H2,1H3. The van der Waals surface area contributed by atoms with Gasteiger partial charge < -0.3 is 10.4 Å². The van der Waals surface area contributed by atoms with Crippen LogP contribution in [0.2, 0.25) is 0 Å². The zero-order valence-corrected chi connectivity index (χ0v) is 9.89. The fourth-order valence-electron chi connectivity index (χ4n) is 2.88. The molecule has 2 aliphatic rings. The largest absolute Gasteiger partial charge is 0.389 e. The Kier molecular flexibility index (Phi) is 2.81. The first-order chi connectivity index (χ1) is 6.91. The van der Waals surface area contributed by atoms with E-state index in [0.29, 0.717) is 12.3 Å². The molecule has 0 aliphatic carbocycles. The summed E-state index contributed by atoms with van der Waals surface area (Å²) in [4.78, 5) is 0. The Hall–Kier alpha value is -0.130. The molecule has 0 aromatic heterocycles. The minimum Gasteiger partial charge on any atom is -0.389 e. The summed E-state index contributed by atoms with van der Waals surface area (Å²) in [6.45, 7) is 3.13. The topological polar surface area (TPSA) is 66.4 Å². The van der Waals surface area contributed by atoms with E-state index < -0.39 is 15.4 Å². The van der Waals surface area contributed by atoms with E-state index in [1.807, 2.05) is 0 Å². The lowest BCUT2D eigenvalue weighted by Gasteiger charge is -2.34. The number of nitrogens with one attached hydrogen (secondary N) is 1. The molecule has 0 spiro atoms. The summed E-state index contributed by atoms with van der Waals surface area (Å²) in [5.74, 6) is 0.808. The van der Waals surface area contributed by atoms with Crippen molar-refractivity contribution in [2.75, 3.05) is 24.6 Å². The van der Waals surface area contributed by atoms with E-state index in [9.17, 15) is 13.5 Å². The van der Waals surface area contributed by atoms with Crippen LogP contribution in [0.15, 0.2) is 0 Å². The average molecular weight is 233 g/mol. The van der Waals surface area contributed by atoms with Crippen molar-refractivity contribution in [1.82, 2.24) is 5.32 Å². The van der Waals surface area contributed by atoms with Gasteiger partial charge in [-0.2, -0.15) is 0 Å². The highest BCUT2D eigenvalue weighted by molar-refractivity contribution is 7.91. The quantitative estimate of drug-likeness (QED) is 0.657. The van der Waals surface area contributed by atoms with Crippen molar-refractivity contribution in [3.63, 3.8) is 0 Å². The summed E-state index contributed by atoms with van der Waals surface area (Å²) < 4.78 is 23.1. The minimum absolute atomic E-state index is 0.0903. The third-order valence-corrected chi connectivity index (χ3v) is 5.56. The summed E-state index contributed by atoms with van der Waals surface area (Å²) in [5, 5.41) is 13.3. The van der Waals surface area contributed by atoms with Crippen LogP contribution < -0.4 is 5.32 Å². The molecule has 0 aromatic rings. The molecule has 0 bridgehead atoms. The predicted molar refractivity (Wildman–Crippen MR) is 58.4 cm³/mol. The second-order valence-corrected chi connectivity index (χ2v) is 7.34. The van der Waals surface area contributed by atoms with Crippen LogP contribution in [0.1, 0.15) is 19.8 Å². The smallest absolute Gasteiger partial charge is 0.150 e. The molecule has 2 N–H and O–H groups in total. The molecule has 4 nitrogen and oxygen atoms in total. The minimum atomic E-state index is -2.86. The second-order valence-electron chi connectivity index (χ2n) is 5.11. The van der Waals surface area contributed by atoms with Crippen molar-refractivity contribution in [2.24, 2.45) is 11.8 Å². The summed E-state index contributed by atoms with van der Waals surface area (Å²) in [7, 11) is -2.86. The van der Waals surface area contributed by atoms with Gasteiger partial charge in [-0.15, -0.1) is 0 Å². The maximum absolute atomic E-state index is 11.5. The summed E-state index contributed by atoms with van der Waals surface area (Å²) in [5.41, 5.74) is -0.739. The number of hydrogen-bond acceptors (Lipinski definition) is 4. The van der Waals surface area contributed by atoms with Crippen molar-refractivity contribution in [3.8, 4) is 0 Å². The van der Waals surface area contributed by atoms with E-state index in [1.54, 1.807) is 6.92 Å². The van der Waals surface area contributed by atoms with Gasteiger partial charge in [0.1, 0.15) is 0 Å². The van der Waals surface area contributed by atoms with Crippen LogP contribution in [0.3, 0.4) is 0 Å². The first-order valence-electron chi connectivity index (χ1n) is 5.54. The van der Waals surface area contributed by atoms with Crippen molar-refractivity contribution >= 4 is 9.84 Å². The highest BCUT2D eigenvalue weighted by Crippen LogP contribution is 2.34. The maximum Gasteiger partial charge on any atom is 0.150 e. The highest BCUT2D eigenvalue weighted by atomic mass is 32.2. The van der Waals surface area contributed by atoms with E-state index >= 15 is 0 Å². The molecule has 0 saturated carbocycles. The molecule has 2 saturated heterocycles. The maximum atomic E-state index is 11.5. The fourth-order valence-corrected chi connectivity index (χ4v) is 4.71. The Morgan fingerprint density at radius 1 is 1.47 bits per heavy atom. The third-order valence-electron chi connectivity index (χ3n) is 3.71.